The highest BCUT2D eigenvalue weighted by atomic mass is 79.9. The third kappa shape index (κ3) is 4.69. The van der Waals surface area contributed by atoms with Crippen LogP contribution in [0.1, 0.15) is 25.8 Å². The predicted octanol–water partition coefficient (Wildman–Crippen LogP) is 4.16. The lowest BCUT2D eigenvalue weighted by molar-refractivity contribution is -0.142. The van der Waals surface area contributed by atoms with Gasteiger partial charge in [0.1, 0.15) is 5.54 Å². The lowest BCUT2D eigenvalue weighted by atomic mass is 9.98. The van der Waals surface area contributed by atoms with E-state index in [0.717, 1.165) is 21.4 Å². The molecule has 0 unspecified atom stereocenters. The molecule has 3 rings (SSSR count). The number of para-hydroxylation sites is 2. The van der Waals surface area contributed by atoms with E-state index in [2.05, 4.69) is 21.2 Å². The summed E-state index contributed by atoms with van der Waals surface area (Å²) in [4.78, 5) is 26.5. The Bertz CT molecular complexity index is 834. The van der Waals surface area contributed by atoms with Crippen LogP contribution in [-0.2, 0) is 20.7 Å². The van der Waals surface area contributed by atoms with E-state index in [1.54, 1.807) is 4.90 Å². The lowest BCUT2D eigenvalue weighted by Gasteiger charge is -2.40. The molecule has 2 aromatic carbocycles. The number of benzene rings is 2. The monoisotopic (exact) mass is 430 g/mol. The number of esters is 1. The van der Waals surface area contributed by atoms with Crippen molar-refractivity contribution in [2.24, 2.45) is 0 Å². The van der Waals surface area contributed by atoms with Crippen molar-refractivity contribution in [3.63, 3.8) is 0 Å². The predicted molar refractivity (Wildman–Crippen MR) is 110 cm³/mol. The van der Waals surface area contributed by atoms with Crippen LogP contribution in [0.15, 0.2) is 53.0 Å². The molecule has 2 aromatic rings. The zero-order valence-corrected chi connectivity index (χ0v) is 17.1. The molecule has 0 saturated carbocycles. The zero-order valence-electron chi connectivity index (χ0n) is 15.5. The van der Waals surface area contributed by atoms with Crippen LogP contribution < -0.4 is 10.2 Å². The summed E-state index contributed by atoms with van der Waals surface area (Å²) in [6.45, 7) is 4.54. The average Bonchev–Trinajstić information content (AvgIpc) is 2.63. The number of amides is 1. The van der Waals surface area contributed by atoms with Crippen molar-refractivity contribution in [2.75, 3.05) is 23.4 Å². The van der Waals surface area contributed by atoms with Crippen LogP contribution >= 0.6 is 15.9 Å². The summed E-state index contributed by atoms with van der Waals surface area (Å²) in [6, 6.07) is 15.3. The van der Waals surface area contributed by atoms with Gasteiger partial charge in [-0.3, -0.25) is 9.59 Å². The van der Waals surface area contributed by atoms with Crippen molar-refractivity contribution in [3.8, 4) is 0 Å². The van der Waals surface area contributed by atoms with Crippen molar-refractivity contribution in [2.45, 2.75) is 32.2 Å². The number of hydrogen-bond donors (Lipinski definition) is 1. The molecule has 27 heavy (non-hydrogen) atoms. The van der Waals surface area contributed by atoms with Gasteiger partial charge in [0.15, 0.2) is 0 Å². The highest BCUT2D eigenvalue weighted by Crippen LogP contribution is 2.34. The number of anilines is 2. The molecular weight excluding hydrogens is 408 g/mol. The fourth-order valence-corrected chi connectivity index (χ4v) is 3.37. The van der Waals surface area contributed by atoms with Gasteiger partial charge in [0, 0.05) is 11.0 Å². The third-order valence-corrected chi connectivity index (χ3v) is 5.00. The van der Waals surface area contributed by atoms with Crippen LogP contribution in [0.25, 0.3) is 0 Å². The maximum absolute atomic E-state index is 12.8. The minimum absolute atomic E-state index is 0.0161. The van der Waals surface area contributed by atoms with E-state index >= 15 is 0 Å². The minimum Gasteiger partial charge on any atom is -0.465 e. The molecule has 142 valence electrons. The highest BCUT2D eigenvalue weighted by molar-refractivity contribution is 9.10. The van der Waals surface area contributed by atoms with Gasteiger partial charge in [-0.15, -0.1) is 0 Å². The summed E-state index contributed by atoms with van der Waals surface area (Å²) in [5.74, 6) is -0.243. The van der Waals surface area contributed by atoms with Crippen molar-refractivity contribution in [1.29, 1.82) is 0 Å². The van der Waals surface area contributed by atoms with E-state index in [1.807, 2.05) is 62.4 Å². The maximum Gasteiger partial charge on any atom is 0.310 e. The van der Waals surface area contributed by atoms with E-state index in [4.69, 9.17) is 4.74 Å². The van der Waals surface area contributed by atoms with Gasteiger partial charge in [0.05, 0.1) is 24.4 Å². The minimum atomic E-state index is -0.660. The molecule has 0 atom stereocenters. The molecule has 6 heteroatoms. The van der Waals surface area contributed by atoms with Crippen LogP contribution in [0, 0.1) is 0 Å². The Morgan fingerprint density at radius 2 is 1.85 bits per heavy atom. The van der Waals surface area contributed by atoms with Crippen molar-refractivity contribution >= 4 is 39.2 Å². The summed E-state index contributed by atoms with van der Waals surface area (Å²) in [6.07, 6.45) is 0.831. The number of rotatable bonds is 6. The first kappa shape index (κ1) is 19.4. The topological polar surface area (TPSA) is 58.6 Å². The summed E-state index contributed by atoms with van der Waals surface area (Å²) in [5, 5.41) is 3.28. The number of fused-ring (bicyclic) bond motifs is 1. The van der Waals surface area contributed by atoms with Gasteiger partial charge in [-0.25, -0.2) is 0 Å². The molecule has 0 aromatic heterocycles. The average molecular weight is 431 g/mol. The van der Waals surface area contributed by atoms with Gasteiger partial charge in [0.2, 0.25) is 0 Å². The second-order valence-electron chi connectivity index (χ2n) is 7.10. The summed E-state index contributed by atoms with van der Waals surface area (Å²) >= 11 is 3.37. The molecule has 0 bridgehead atoms. The maximum atomic E-state index is 12.8. The second-order valence-corrected chi connectivity index (χ2v) is 8.02. The van der Waals surface area contributed by atoms with Crippen LogP contribution in [-0.4, -0.2) is 30.6 Å². The van der Waals surface area contributed by atoms with E-state index in [9.17, 15) is 9.59 Å². The Kier molecular flexibility index (Phi) is 5.85. The van der Waals surface area contributed by atoms with Crippen molar-refractivity contribution in [3.05, 3.63) is 58.6 Å². The largest absolute Gasteiger partial charge is 0.465 e. The SMILES string of the molecule is CC1(C)Nc2ccccc2N(CCCOC(=O)Cc2ccc(Br)cc2)C1=O. The Morgan fingerprint density at radius 1 is 1.15 bits per heavy atom. The van der Waals surface area contributed by atoms with E-state index in [1.165, 1.54) is 0 Å². The van der Waals surface area contributed by atoms with Crippen LogP contribution in [0.5, 0.6) is 0 Å². The molecule has 1 heterocycles. The fourth-order valence-electron chi connectivity index (χ4n) is 3.10. The van der Waals surface area contributed by atoms with Gasteiger partial charge >= 0.3 is 5.97 Å². The zero-order chi connectivity index (χ0) is 19.4. The van der Waals surface area contributed by atoms with E-state index in [-0.39, 0.29) is 24.9 Å². The summed E-state index contributed by atoms with van der Waals surface area (Å²) < 4.78 is 6.31. The van der Waals surface area contributed by atoms with Crippen LogP contribution in [0.4, 0.5) is 11.4 Å². The first-order valence-corrected chi connectivity index (χ1v) is 9.75. The molecule has 0 spiro atoms. The first-order valence-electron chi connectivity index (χ1n) is 8.96. The second kappa shape index (κ2) is 8.13. The van der Waals surface area contributed by atoms with Gasteiger partial charge in [-0.2, -0.15) is 0 Å². The molecule has 1 amide bonds. The Labute approximate surface area is 167 Å². The number of halogens is 1. The van der Waals surface area contributed by atoms with Crippen LogP contribution in [0.2, 0.25) is 0 Å². The Morgan fingerprint density at radius 3 is 2.59 bits per heavy atom. The van der Waals surface area contributed by atoms with Crippen LogP contribution in [0.3, 0.4) is 0 Å². The lowest BCUT2D eigenvalue weighted by Crippen LogP contribution is -2.54. The van der Waals surface area contributed by atoms with Gasteiger partial charge in [0.25, 0.3) is 5.91 Å². The molecule has 0 aliphatic carbocycles. The molecule has 1 aliphatic rings. The number of nitrogens with zero attached hydrogens (tertiary/aromatic N) is 1. The smallest absolute Gasteiger partial charge is 0.310 e. The Balaban J connectivity index is 1.53. The van der Waals surface area contributed by atoms with Crippen molar-refractivity contribution < 1.29 is 14.3 Å². The summed E-state index contributed by atoms with van der Waals surface area (Å²) in [5.41, 5.74) is 2.06. The van der Waals surface area contributed by atoms with Gasteiger partial charge in [-0.1, -0.05) is 40.2 Å². The first-order chi connectivity index (χ1) is 12.9. The van der Waals surface area contributed by atoms with E-state index < -0.39 is 5.54 Å². The number of hydrogen-bond acceptors (Lipinski definition) is 4. The quantitative estimate of drug-likeness (QED) is 0.551. The normalized spacial score (nSPS) is 15.1. The fraction of sp³-hybridized carbons (Fsp3) is 0.333. The molecule has 5 nitrogen and oxygen atoms in total. The highest BCUT2D eigenvalue weighted by Gasteiger charge is 2.38. The molecule has 0 radical (unpaired) electrons. The third-order valence-electron chi connectivity index (χ3n) is 4.47. The number of carbonyl (C=O) groups excluding carboxylic acids is 2. The number of ether oxygens (including phenoxy) is 1. The van der Waals surface area contributed by atoms with Crippen molar-refractivity contribution in [1.82, 2.24) is 0 Å². The number of nitrogens with one attached hydrogen (secondary N) is 1. The van der Waals surface area contributed by atoms with E-state index in [0.29, 0.717) is 13.0 Å². The van der Waals surface area contributed by atoms with Gasteiger partial charge in [-0.05, 0) is 50.1 Å². The molecule has 0 saturated heterocycles. The molecular formula is C21H23BrN2O3. The number of carbonyl (C=O) groups is 2. The standard InChI is InChI=1S/C21H23BrN2O3/c1-21(2)20(26)24(18-7-4-3-6-17(18)23-21)12-5-13-27-19(25)14-15-8-10-16(22)11-9-15/h3-4,6-11,23H,5,12-14H2,1-2H3. The molecule has 1 aliphatic heterocycles. The molecule has 0 fully saturated rings. The summed E-state index contributed by atoms with van der Waals surface area (Å²) in [7, 11) is 0. The molecule has 1 N–H and O–H groups in total. The van der Waals surface area contributed by atoms with Gasteiger partial charge < -0.3 is 15.0 Å². The Hall–Kier alpha value is -2.34.